The van der Waals surface area contributed by atoms with E-state index in [4.69, 9.17) is 4.74 Å². The minimum absolute atomic E-state index is 0.168. The molecule has 3 aliphatic heterocycles. The molecule has 2 aromatic heterocycles. The zero-order valence-corrected chi connectivity index (χ0v) is 22.8. The summed E-state index contributed by atoms with van der Waals surface area (Å²) in [4.78, 5) is 31.9. The van der Waals surface area contributed by atoms with E-state index in [-0.39, 0.29) is 35.9 Å². The van der Waals surface area contributed by atoms with Gasteiger partial charge in [-0.1, -0.05) is 13.8 Å². The first kappa shape index (κ1) is 26.1. The molecule has 0 N–H and O–H groups in total. The van der Waals surface area contributed by atoms with Gasteiger partial charge in [-0.2, -0.15) is 5.26 Å². The lowest BCUT2D eigenvalue weighted by molar-refractivity contribution is -0.142. The van der Waals surface area contributed by atoms with Crippen molar-refractivity contribution < 1.29 is 22.3 Å². The molecule has 0 aliphatic carbocycles. The summed E-state index contributed by atoms with van der Waals surface area (Å²) in [5.74, 6) is 0.513. The summed E-state index contributed by atoms with van der Waals surface area (Å²) in [7, 11) is -2.58. The second kappa shape index (κ2) is 8.76. The van der Waals surface area contributed by atoms with Gasteiger partial charge in [-0.3, -0.25) is 4.79 Å². The molecule has 0 spiro atoms. The molecule has 38 heavy (non-hydrogen) atoms. The van der Waals surface area contributed by atoms with Crippen LogP contribution < -0.4 is 14.5 Å². The Morgan fingerprint density at radius 2 is 1.89 bits per heavy atom. The van der Waals surface area contributed by atoms with Gasteiger partial charge in [0.1, 0.15) is 24.0 Å². The van der Waals surface area contributed by atoms with Gasteiger partial charge in [0.05, 0.1) is 24.7 Å². The molecule has 5 heterocycles. The molecular formula is C25H30FN7O4S. The third-order valence-corrected chi connectivity index (χ3v) is 9.90. The molecule has 13 heteroatoms. The predicted octanol–water partition coefficient (Wildman–Crippen LogP) is 2.09. The van der Waals surface area contributed by atoms with Crippen molar-refractivity contribution in [1.29, 1.82) is 5.26 Å². The lowest BCUT2D eigenvalue weighted by Gasteiger charge is -2.47. The van der Waals surface area contributed by atoms with Crippen molar-refractivity contribution in [1.82, 2.24) is 19.9 Å². The average molecular weight is 544 g/mol. The zero-order valence-electron chi connectivity index (χ0n) is 22.0. The van der Waals surface area contributed by atoms with E-state index in [0.29, 0.717) is 30.5 Å². The Morgan fingerprint density at radius 1 is 1.18 bits per heavy atom. The topological polar surface area (TPSA) is 133 Å². The normalized spacial score (nSPS) is 27.3. The number of nitrogens with zero attached hydrogens (tertiary/aromatic N) is 7. The Bertz CT molecular complexity index is 1460. The van der Waals surface area contributed by atoms with E-state index in [1.165, 1.54) is 18.3 Å². The highest BCUT2D eigenvalue weighted by Crippen LogP contribution is 2.48. The number of fused-ring (bicyclic) bond motifs is 1. The van der Waals surface area contributed by atoms with Gasteiger partial charge in [0.15, 0.2) is 21.3 Å². The first-order valence-corrected chi connectivity index (χ1v) is 14.1. The average Bonchev–Trinajstić information content (AvgIpc) is 3.18. The Morgan fingerprint density at radius 3 is 2.50 bits per heavy atom. The Kier molecular flexibility index (Phi) is 6.01. The predicted molar refractivity (Wildman–Crippen MR) is 138 cm³/mol. The number of piperazine rings is 1. The monoisotopic (exact) mass is 543 g/mol. The summed E-state index contributed by atoms with van der Waals surface area (Å²) >= 11 is 0. The van der Waals surface area contributed by atoms with Gasteiger partial charge in [-0.25, -0.2) is 27.8 Å². The van der Waals surface area contributed by atoms with E-state index in [9.17, 15) is 18.5 Å². The molecule has 0 saturated carbocycles. The second-order valence-electron chi connectivity index (χ2n) is 10.8. The molecule has 0 aromatic carbocycles. The van der Waals surface area contributed by atoms with E-state index < -0.39 is 26.8 Å². The van der Waals surface area contributed by atoms with Gasteiger partial charge in [-0.15, -0.1) is 0 Å². The van der Waals surface area contributed by atoms with Crippen molar-refractivity contribution in [3.05, 3.63) is 29.8 Å². The number of hydrogen-bond acceptors (Lipinski definition) is 10. The number of alkyl halides is 1. The van der Waals surface area contributed by atoms with Crippen LogP contribution in [0.5, 0.6) is 5.75 Å². The van der Waals surface area contributed by atoms with E-state index in [1.54, 1.807) is 19.2 Å². The van der Waals surface area contributed by atoms with Crippen LogP contribution in [0.4, 0.5) is 21.7 Å². The fourth-order valence-electron chi connectivity index (χ4n) is 5.59. The standard InChI is InChI=1S/C25H30FN7O4S/c1-15-12-32(23(34)25(26)6-7-38(25,35)36)16(2)11-31(15)21-20-22(30-14-29-21)33(13-24(20,3)4)17-8-19(37-5)18(9-27)28-10-17/h8,10,14-16H,6-7,11-13H2,1-5H3/t15-,16+,25?/m0/s1. The van der Waals surface area contributed by atoms with Crippen molar-refractivity contribution in [3.63, 3.8) is 0 Å². The van der Waals surface area contributed by atoms with Gasteiger partial charge in [0, 0.05) is 55.2 Å². The van der Waals surface area contributed by atoms with Crippen LogP contribution in [0.15, 0.2) is 18.6 Å². The molecule has 2 aromatic rings. The highest BCUT2D eigenvalue weighted by molar-refractivity contribution is 7.94. The highest BCUT2D eigenvalue weighted by Gasteiger charge is 2.61. The Labute approximate surface area is 221 Å². The molecule has 5 rings (SSSR count). The molecular weight excluding hydrogens is 513 g/mol. The largest absolute Gasteiger partial charge is 0.494 e. The minimum atomic E-state index is -4.07. The summed E-state index contributed by atoms with van der Waals surface area (Å²) in [5.41, 5.74) is 1.47. The SMILES string of the molecule is COc1cc(N2CC(C)(C)c3c2ncnc3N2C[C@@H](C)N(C(=O)C3(F)CCS3(=O)=O)C[C@@H]2C)cnc1C#N. The van der Waals surface area contributed by atoms with Gasteiger partial charge < -0.3 is 19.4 Å². The van der Waals surface area contributed by atoms with Gasteiger partial charge in [0.2, 0.25) is 0 Å². The molecule has 202 valence electrons. The summed E-state index contributed by atoms with van der Waals surface area (Å²) in [5, 5.41) is 6.49. The first-order valence-electron chi connectivity index (χ1n) is 12.4. The molecule has 1 amide bonds. The molecule has 3 aliphatic rings. The third kappa shape index (κ3) is 3.76. The molecule has 1 unspecified atom stereocenters. The van der Waals surface area contributed by atoms with Crippen molar-refractivity contribution in [2.45, 2.75) is 56.6 Å². The van der Waals surface area contributed by atoms with Crippen LogP contribution in [0.25, 0.3) is 0 Å². The summed E-state index contributed by atoms with van der Waals surface area (Å²) in [6.07, 6.45) is 2.81. The summed E-state index contributed by atoms with van der Waals surface area (Å²) < 4.78 is 44.5. The molecule has 0 bridgehead atoms. The van der Waals surface area contributed by atoms with Crippen molar-refractivity contribution in [2.75, 3.05) is 42.3 Å². The van der Waals surface area contributed by atoms with Crippen LogP contribution in [-0.2, 0) is 20.0 Å². The van der Waals surface area contributed by atoms with Gasteiger partial charge in [0.25, 0.3) is 10.9 Å². The third-order valence-electron chi connectivity index (χ3n) is 7.79. The lowest BCUT2D eigenvalue weighted by atomic mass is 9.87. The zero-order chi connectivity index (χ0) is 27.6. The van der Waals surface area contributed by atoms with Crippen LogP contribution >= 0.6 is 0 Å². The lowest BCUT2D eigenvalue weighted by Crippen LogP contribution is -2.66. The number of nitriles is 1. The van der Waals surface area contributed by atoms with E-state index in [2.05, 4.69) is 33.7 Å². The van der Waals surface area contributed by atoms with Crippen molar-refractivity contribution in [2.24, 2.45) is 0 Å². The number of methoxy groups -OCH3 is 1. The number of rotatable bonds is 4. The van der Waals surface area contributed by atoms with Crippen molar-refractivity contribution in [3.8, 4) is 11.8 Å². The van der Waals surface area contributed by atoms with Gasteiger partial charge in [-0.05, 0) is 13.8 Å². The van der Waals surface area contributed by atoms with E-state index in [0.717, 1.165) is 11.3 Å². The van der Waals surface area contributed by atoms with Crippen molar-refractivity contribution >= 4 is 33.1 Å². The molecule has 2 fully saturated rings. The number of carbonyl (C=O) groups excluding carboxylic acids is 1. The van der Waals surface area contributed by atoms with E-state index in [1.807, 2.05) is 17.9 Å². The molecule has 0 radical (unpaired) electrons. The highest BCUT2D eigenvalue weighted by atomic mass is 32.2. The van der Waals surface area contributed by atoms with Gasteiger partial charge >= 0.3 is 0 Å². The number of hydrogen-bond donors (Lipinski definition) is 0. The second-order valence-corrected chi connectivity index (χ2v) is 13.1. The maximum absolute atomic E-state index is 15.1. The smallest absolute Gasteiger partial charge is 0.288 e. The quantitative estimate of drug-likeness (QED) is 0.564. The number of amides is 1. The summed E-state index contributed by atoms with van der Waals surface area (Å²) in [6.45, 7) is 8.99. The molecule has 3 atom stereocenters. The minimum Gasteiger partial charge on any atom is -0.494 e. The van der Waals surface area contributed by atoms with Crippen LogP contribution in [0.2, 0.25) is 0 Å². The number of sulfone groups is 1. The Balaban J connectivity index is 1.48. The maximum Gasteiger partial charge on any atom is 0.288 e. The molecule has 11 nitrogen and oxygen atoms in total. The van der Waals surface area contributed by atoms with E-state index >= 15 is 4.39 Å². The number of aromatic nitrogens is 3. The number of carbonyl (C=O) groups is 1. The number of halogens is 1. The first-order chi connectivity index (χ1) is 17.8. The maximum atomic E-state index is 15.1. The molecule has 2 saturated heterocycles. The van der Waals surface area contributed by atoms with Crippen LogP contribution in [-0.4, -0.2) is 83.8 Å². The number of ether oxygens (including phenoxy) is 1. The number of pyridine rings is 1. The fourth-order valence-corrected chi connectivity index (χ4v) is 6.87. The Hall–Kier alpha value is -3.53. The fraction of sp³-hybridized carbons (Fsp3) is 0.560. The van der Waals surface area contributed by atoms with Crippen LogP contribution in [0.3, 0.4) is 0 Å². The van der Waals surface area contributed by atoms with Crippen LogP contribution in [0, 0.1) is 11.3 Å². The summed E-state index contributed by atoms with van der Waals surface area (Å²) in [6, 6.07) is 3.10. The van der Waals surface area contributed by atoms with Crippen LogP contribution in [0.1, 0.15) is 45.4 Å². The number of anilines is 3.